The molecule has 0 spiro atoms. The topological polar surface area (TPSA) is 52.9 Å². The Labute approximate surface area is 165 Å². The molecular formula is C22H26ClNO3. The number of methoxy groups -OCH3 is 1. The molecule has 2 N–H and O–H groups in total. The molecule has 3 atom stereocenters. The van der Waals surface area contributed by atoms with Gasteiger partial charge in [-0.15, -0.1) is 0 Å². The van der Waals surface area contributed by atoms with Crippen molar-refractivity contribution in [1.82, 2.24) is 4.90 Å². The molecule has 1 aliphatic carbocycles. The Morgan fingerprint density at radius 3 is 2.56 bits per heavy atom. The standard InChI is InChI=1S/C22H26ClNO3/c1-13-15(10-14-6-8-16(27-2)9-7-14)11-17-18(21(13)23)12-24(22(17)26)19-4-3-5-20(19)25/h6-9,11,19-20,22,25-26H,3-5,10,12H2,1-2H3/t19-,20-,22?/m0/s1. The van der Waals surface area contributed by atoms with E-state index in [-0.39, 0.29) is 12.1 Å². The monoisotopic (exact) mass is 387 g/mol. The third-order valence-corrected chi connectivity index (χ3v) is 6.62. The number of hydrogen-bond acceptors (Lipinski definition) is 4. The van der Waals surface area contributed by atoms with Crippen molar-refractivity contribution in [3.05, 3.63) is 63.2 Å². The van der Waals surface area contributed by atoms with Gasteiger partial charge in [0, 0.05) is 23.2 Å². The van der Waals surface area contributed by atoms with Crippen LogP contribution in [0.3, 0.4) is 0 Å². The van der Waals surface area contributed by atoms with E-state index in [9.17, 15) is 10.2 Å². The Hall–Kier alpha value is -1.59. The summed E-state index contributed by atoms with van der Waals surface area (Å²) in [6, 6.07) is 10.1. The van der Waals surface area contributed by atoms with Gasteiger partial charge in [-0.3, -0.25) is 4.90 Å². The summed E-state index contributed by atoms with van der Waals surface area (Å²) in [7, 11) is 1.66. The number of aliphatic hydroxyl groups is 2. The van der Waals surface area contributed by atoms with Crippen LogP contribution in [-0.2, 0) is 13.0 Å². The number of ether oxygens (including phenoxy) is 1. The van der Waals surface area contributed by atoms with E-state index in [1.807, 2.05) is 24.0 Å². The maximum atomic E-state index is 10.9. The second kappa shape index (κ2) is 7.44. The fourth-order valence-electron chi connectivity index (χ4n) is 4.47. The average Bonchev–Trinajstić information content (AvgIpc) is 3.23. The molecule has 1 saturated carbocycles. The van der Waals surface area contributed by atoms with E-state index in [1.54, 1.807) is 7.11 Å². The van der Waals surface area contributed by atoms with Crippen LogP contribution in [0, 0.1) is 6.92 Å². The van der Waals surface area contributed by atoms with Gasteiger partial charge in [0.2, 0.25) is 0 Å². The number of hydrogen-bond donors (Lipinski definition) is 2. The predicted molar refractivity (Wildman–Crippen MR) is 106 cm³/mol. The van der Waals surface area contributed by atoms with Gasteiger partial charge in [0.1, 0.15) is 12.0 Å². The molecule has 27 heavy (non-hydrogen) atoms. The predicted octanol–water partition coefficient (Wildman–Crippen LogP) is 3.97. The Kier molecular flexibility index (Phi) is 5.17. The zero-order valence-corrected chi connectivity index (χ0v) is 16.5. The van der Waals surface area contributed by atoms with Crippen LogP contribution in [0.25, 0.3) is 0 Å². The van der Waals surface area contributed by atoms with Gasteiger partial charge < -0.3 is 14.9 Å². The Balaban J connectivity index is 1.63. The molecule has 0 radical (unpaired) electrons. The second-order valence-electron chi connectivity index (χ2n) is 7.68. The number of benzene rings is 2. The summed E-state index contributed by atoms with van der Waals surface area (Å²) >= 11 is 6.71. The van der Waals surface area contributed by atoms with E-state index in [0.717, 1.165) is 58.7 Å². The molecule has 2 aromatic carbocycles. The first kappa shape index (κ1) is 18.8. The Bertz CT molecular complexity index is 836. The minimum atomic E-state index is -0.703. The number of aliphatic hydroxyl groups excluding tert-OH is 2. The fraction of sp³-hybridized carbons (Fsp3) is 0.455. The maximum Gasteiger partial charge on any atom is 0.134 e. The quantitative estimate of drug-likeness (QED) is 0.833. The smallest absolute Gasteiger partial charge is 0.134 e. The minimum absolute atomic E-state index is 0.00816. The zero-order valence-electron chi connectivity index (χ0n) is 15.8. The van der Waals surface area contributed by atoms with Crippen molar-refractivity contribution in [2.24, 2.45) is 0 Å². The minimum Gasteiger partial charge on any atom is -0.497 e. The lowest BCUT2D eigenvalue weighted by molar-refractivity contribution is -0.0468. The summed E-state index contributed by atoms with van der Waals surface area (Å²) in [5, 5.41) is 21.9. The van der Waals surface area contributed by atoms with Crippen LogP contribution in [0.2, 0.25) is 5.02 Å². The summed E-state index contributed by atoms with van der Waals surface area (Å²) in [6.07, 6.45) is 2.40. The molecular weight excluding hydrogens is 362 g/mol. The number of halogens is 1. The van der Waals surface area contributed by atoms with Crippen LogP contribution >= 0.6 is 11.6 Å². The van der Waals surface area contributed by atoms with Crippen molar-refractivity contribution in [2.45, 2.75) is 57.5 Å². The zero-order chi connectivity index (χ0) is 19.1. The van der Waals surface area contributed by atoms with Gasteiger partial charge in [0.25, 0.3) is 0 Å². The lowest BCUT2D eigenvalue weighted by Crippen LogP contribution is -2.39. The third kappa shape index (κ3) is 3.36. The molecule has 0 amide bonds. The van der Waals surface area contributed by atoms with E-state index in [2.05, 4.69) is 18.2 Å². The van der Waals surface area contributed by atoms with Gasteiger partial charge in [-0.25, -0.2) is 0 Å². The molecule has 1 unspecified atom stereocenters. The highest BCUT2D eigenvalue weighted by Gasteiger charge is 2.40. The molecule has 1 aliphatic heterocycles. The molecule has 4 rings (SSSR count). The van der Waals surface area contributed by atoms with Crippen LogP contribution in [-0.4, -0.2) is 34.4 Å². The van der Waals surface area contributed by atoms with Gasteiger partial charge in [0.05, 0.1) is 13.2 Å². The number of fused-ring (bicyclic) bond motifs is 1. The molecule has 2 aromatic rings. The molecule has 1 heterocycles. The normalized spacial score (nSPS) is 25.0. The van der Waals surface area contributed by atoms with Crippen molar-refractivity contribution >= 4 is 11.6 Å². The van der Waals surface area contributed by atoms with Crippen molar-refractivity contribution < 1.29 is 14.9 Å². The van der Waals surface area contributed by atoms with Crippen LogP contribution in [0.15, 0.2) is 30.3 Å². The van der Waals surface area contributed by atoms with Gasteiger partial charge in [-0.2, -0.15) is 0 Å². The highest BCUT2D eigenvalue weighted by Crippen LogP contribution is 2.43. The first-order chi connectivity index (χ1) is 13.0. The summed E-state index contributed by atoms with van der Waals surface area (Å²) in [4.78, 5) is 2.00. The van der Waals surface area contributed by atoms with Crippen LogP contribution < -0.4 is 4.74 Å². The molecule has 0 saturated heterocycles. The molecule has 144 valence electrons. The Morgan fingerprint density at radius 2 is 1.93 bits per heavy atom. The van der Waals surface area contributed by atoms with Crippen molar-refractivity contribution in [1.29, 1.82) is 0 Å². The van der Waals surface area contributed by atoms with Gasteiger partial charge in [-0.05, 0) is 67.0 Å². The largest absolute Gasteiger partial charge is 0.497 e. The summed E-state index contributed by atoms with van der Waals surface area (Å²) in [6.45, 7) is 2.64. The van der Waals surface area contributed by atoms with Crippen molar-refractivity contribution in [2.75, 3.05) is 7.11 Å². The maximum absolute atomic E-state index is 10.9. The highest BCUT2D eigenvalue weighted by molar-refractivity contribution is 6.32. The van der Waals surface area contributed by atoms with Crippen LogP contribution in [0.1, 0.15) is 53.3 Å². The van der Waals surface area contributed by atoms with Crippen LogP contribution in [0.5, 0.6) is 5.75 Å². The van der Waals surface area contributed by atoms with E-state index in [1.165, 1.54) is 5.56 Å². The van der Waals surface area contributed by atoms with E-state index in [4.69, 9.17) is 16.3 Å². The second-order valence-corrected chi connectivity index (χ2v) is 8.06. The summed E-state index contributed by atoms with van der Waals surface area (Å²) < 4.78 is 5.23. The third-order valence-electron chi connectivity index (χ3n) is 6.11. The first-order valence-electron chi connectivity index (χ1n) is 9.55. The summed E-state index contributed by atoms with van der Waals surface area (Å²) in [5.41, 5.74) is 5.24. The molecule has 5 heteroatoms. The summed E-state index contributed by atoms with van der Waals surface area (Å²) in [5.74, 6) is 0.837. The van der Waals surface area contributed by atoms with E-state index < -0.39 is 6.23 Å². The van der Waals surface area contributed by atoms with Crippen molar-refractivity contribution in [3.63, 3.8) is 0 Å². The lowest BCUT2D eigenvalue weighted by Gasteiger charge is -2.29. The molecule has 1 fully saturated rings. The van der Waals surface area contributed by atoms with Gasteiger partial charge in [0.15, 0.2) is 0 Å². The molecule has 0 aromatic heterocycles. The van der Waals surface area contributed by atoms with Gasteiger partial charge in [-0.1, -0.05) is 29.8 Å². The van der Waals surface area contributed by atoms with Gasteiger partial charge >= 0.3 is 0 Å². The van der Waals surface area contributed by atoms with Crippen molar-refractivity contribution in [3.8, 4) is 5.75 Å². The number of rotatable bonds is 4. The lowest BCUT2D eigenvalue weighted by atomic mass is 9.95. The first-order valence-corrected chi connectivity index (χ1v) is 9.93. The number of nitrogens with zero attached hydrogens (tertiary/aromatic N) is 1. The fourth-order valence-corrected chi connectivity index (χ4v) is 4.76. The molecule has 4 nitrogen and oxygen atoms in total. The van der Waals surface area contributed by atoms with E-state index in [0.29, 0.717) is 6.54 Å². The van der Waals surface area contributed by atoms with E-state index >= 15 is 0 Å². The average molecular weight is 388 g/mol. The Morgan fingerprint density at radius 1 is 1.19 bits per heavy atom. The highest BCUT2D eigenvalue weighted by atomic mass is 35.5. The molecule has 2 aliphatic rings. The SMILES string of the molecule is COc1ccc(Cc2cc3c(c(Cl)c2C)CN([C@H]2CCC[C@@H]2O)C3O)cc1. The molecule has 0 bridgehead atoms. The van der Waals surface area contributed by atoms with Crippen LogP contribution in [0.4, 0.5) is 0 Å².